The molecule has 0 radical (unpaired) electrons. The number of hydroxylamine groups is 2. The molecule has 1 aromatic heterocycles. The van der Waals surface area contributed by atoms with Crippen molar-refractivity contribution in [2.24, 2.45) is 0 Å². The van der Waals surface area contributed by atoms with E-state index in [1.165, 1.54) is 24.3 Å². The number of carbonyl (C=O) groups is 3. The fourth-order valence-electron chi connectivity index (χ4n) is 4.15. The van der Waals surface area contributed by atoms with E-state index in [9.17, 15) is 18.8 Å². The van der Waals surface area contributed by atoms with Crippen LogP contribution in [0.25, 0.3) is 0 Å². The van der Waals surface area contributed by atoms with Gasteiger partial charge in [0.2, 0.25) is 5.91 Å². The summed E-state index contributed by atoms with van der Waals surface area (Å²) in [6.45, 7) is 4.45. The normalized spacial score (nSPS) is 17.9. The van der Waals surface area contributed by atoms with Crippen molar-refractivity contribution in [3.8, 4) is 0 Å². The fraction of sp³-hybridized carbons (Fsp3) is 0.409. The molecule has 9 nitrogen and oxygen atoms in total. The second kappa shape index (κ2) is 8.71. The Labute approximate surface area is 184 Å². The van der Waals surface area contributed by atoms with Crippen molar-refractivity contribution < 1.29 is 28.3 Å². The van der Waals surface area contributed by atoms with Crippen molar-refractivity contribution >= 4 is 23.4 Å². The van der Waals surface area contributed by atoms with Gasteiger partial charge in [0.25, 0.3) is 11.8 Å². The number of ether oxygens (including phenoxy) is 1. The van der Waals surface area contributed by atoms with Gasteiger partial charge >= 0.3 is 0 Å². The minimum absolute atomic E-state index is 0.0548. The van der Waals surface area contributed by atoms with Crippen LogP contribution in [0.1, 0.15) is 32.9 Å². The summed E-state index contributed by atoms with van der Waals surface area (Å²) >= 11 is 0. The molecule has 0 spiro atoms. The van der Waals surface area contributed by atoms with Gasteiger partial charge < -0.3 is 19.9 Å². The quantitative estimate of drug-likeness (QED) is 0.672. The first-order valence-corrected chi connectivity index (χ1v) is 10.3. The number of amides is 3. The highest BCUT2D eigenvalue weighted by molar-refractivity contribution is 6.02. The molecule has 2 aliphatic heterocycles. The molecule has 10 heteroatoms. The Morgan fingerprint density at radius 1 is 1.34 bits per heavy atom. The van der Waals surface area contributed by atoms with Crippen molar-refractivity contribution in [1.29, 1.82) is 0 Å². The highest BCUT2D eigenvalue weighted by Gasteiger charge is 2.35. The summed E-state index contributed by atoms with van der Waals surface area (Å²) in [5.41, 5.74) is 3.75. The largest absolute Gasteiger partial charge is 0.383 e. The second-order valence-corrected chi connectivity index (χ2v) is 7.91. The number of rotatable bonds is 7. The lowest BCUT2D eigenvalue weighted by atomic mass is 10.1. The molecule has 1 atom stereocenters. The van der Waals surface area contributed by atoms with Crippen LogP contribution < -0.4 is 10.2 Å². The maximum atomic E-state index is 13.5. The van der Waals surface area contributed by atoms with E-state index in [4.69, 9.17) is 9.57 Å². The Balaban J connectivity index is 1.49. The van der Waals surface area contributed by atoms with Crippen LogP contribution in [0, 0.1) is 19.7 Å². The first-order chi connectivity index (χ1) is 15.3. The van der Waals surface area contributed by atoms with Crippen LogP contribution in [0.15, 0.2) is 18.2 Å². The Bertz CT molecular complexity index is 1080. The van der Waals surface area contributed by atoms with Crippen LogP contribution in [0.4, 0.5) is 10.1 Å². The van der Waals surface area contributed by atoms with Gasteiger partial charge in [-0.15, -0.1) is 0 Å². The highest BCUT2D eigenvalue weighted by Crippen LogP contribution is 2.32. The van der Waals surface area contributed by atoms with Gasteiger partial charge in [-0.2, -0.15) is 0 Å². The van der Waals surface area contributed by atoms with Gasteiger partial charge in [-0.3, -0.25) is 19.2 Å². The molecule has 1 aromatic carbocycles. The molecule has 0 aliphatic carbocycles. The fourth-order valence-corrected chi connectivity index (χ4v) is 4.15. The minimum atomic E-state index is -0.779. The predicted octanol–water partition coefficient (Wildman–Crippen LogP) is 1.38. The first-order valence-electron chi connectivity index (χ1n) is 10.3. The minimum Gasteiger partial charge on any atom is -0.383 e. The maximum absolute atomic E-state index is 13.5. The number of carbonyl (C=O) groups excluding carboxylic acids is 3. The molecule has 3 amide bonds. The topological polar surface area (TPSA) is 104 Å². The van der Waals surface area contributed by atoms with E-state index in [-0.39, 0.29) is 43.7 Å². The Hall–Kier alpha value is -3.24. The number of halogens is 1. The molecule has 2 aromatic rings. The summed E-state index contributed by atoms with van der Waals surface area (Å²) in [7, 11) is 1.53. The van der Waals surface area contributed by atoms with Gasteiger partial charge in [-0.25, -0.2) is 9.45 Å². The van der Waals surface area contributed by atoms with Crippen LogP contribution in [-0.4, -0.2) is 60.7 Å². The third-order valence-electron chi connectivity index (χ3n) is 5.80. The molecule has 170 valence electrons. The first kappa shape index (κ1) is 22.0. The number of methoxy groups -OCH3 is 1. The van der Waals surface area contributed by atoms with E-state index in [2.05, 4.69) is 10.3 Å². The maximum Gasteiger partial charge on any atom is 0.271 e. The van der Waals surface area contributed by atoms with Crippen molar-refractivity contribution in [3.63, 3.8) is 0 Å². The summed E-state index contributed by atoms with van der Waals surface area (Å²) in [6, 6.07) is 3.51. The second-order valence-electron chi connectivity index (χ2n) is 7.91. The number of aromatic amines is 1. The van der Waals surface area contributed by atoms with Crippen LogP contribution >= 0.6 is 0 Å². The molecular formula is C22H25FN4O5. The van der Waals surface area contributed by atoms with E-state index in [0.717, 1.165) is 0 Å². The molecule has 0 bridgehead atoms. The van der Waals surface area contributed by atoms with Crippen LogP contribution in [0.5, 0.6) is 0 Å². The van der Waals surface area contributed by atoms with Crippen molar-refractivity contribution in [2.75, 3.05) is 31.8 Å². The summed E-state index contributed by atoms with van der Waals surface area (Å²) in [5, 5.41) is 3.92. The van der Waals surface area contributed by atoms with Gasteiger partial charge in [0.15, 0.2) is 0 Å². The lowest BCUT2D eigenvalue weighted by molar-refractivity contribution is -0.164. The Morgan fingerprint density at radius 2 is 2.12 bits per heavy atom. The third kappa shape index (κ3) is 3.98. The molecule has 1 fully saturated rings. The van der Waals surface area contributed by atoms with Crippen LogP contribution in [-0.2, 0) is 32.1 Å². The number of nitrogens with one attached hydrogen (secondary N) is 2. The van der Waals surface area contributed by atoms with E-state index in [0.29, 0.717) is 40.4 Å². The zero-order valence-corrected chi connectivity index (χ0v) is 18.2. The highest BCUT2D eigenvalue weighted by atomic mass is 19.1. The summed E-state index contributed by atoms with van der Waals surface area (Å²) in [4.78, 5) is 48.0. The molecular weight excluding hydrogens is 419 g/mol. The molecule has 0 saturated carbocycles. The van der Waals surface area contributed by atoms with Crippen LogP contribution in [0.2, 0.25) is 0 Å². The lowest BCUT2D eigenvalue weighted by Crippen LogP contribution is -2.43. The monoisotopic (exact) mass is 444 g/mol. The summed E-state index contributed by atoms with van der Waals surface area (Å²) < 4.78 is 18.5. The average Bonchev–Trinajstić information content (AvgIpc) is 3.34. The Morgan fingerprint density at radius 3 is 2.88 bits per heavy atom. The molecule has 1 saturated heterocycles. The van der Waals surface area contributed by atoms with Gasteiger partial charge in [0.05, 0.1) is 31.7 Å². The summed E-state index contributed by atoms with van der Waals surface area (Å²) in [6.07, 6.45) is 0.141. The number of nitrogens with zero attached hydrogens (tertiary/aromatic N) is 2. The SMILES string of the molecule is COCCN1OC[C@@H](NC(=O)c2c(C)[nH]c(CN3C(=O)Cc4cc(F)ccc43)c2C)C1=O. The summed E-state index contributed by atoms with van der Waals surface area (Å²) in [5.74, 6) is -1.23. The van der Waals surface area contributed by atoms with Crippen molar-refractivity contribution in [1.82, 2.24) is 15.4 Å². The number of benzene rings is 1. The smallest absolute Gasteiger partial charge is 0.271 e. The van der Waals surface area contributed by atoms with E-state index in [1.807, 2.05) is 0 Å². The van der Waals surface area contributed by atoms with E-state index < -0.39 is 11.9 Å². The van der Waals surface area contributed by atoms with Gasteiger partial charge in [-0.05, 0) is 43.2 Å². The lowest BCUT2D eigenvalue weighted by Gasteiger charge is -2.17. The number of anilines is 1. The number of hydrogen-bond donors (Lipinski definition) is 2. The molecule has 2 aliphatic rings. The zero-order chi connectivity index (χ0) is 23.0. The Kier molecular flexibility index (Phi) is 5.98. The third-order valence-corrected chi connectivity index (χ3v) is 5.80. The number of hydrogen-bond acceptors (Lipinski definition) is 5. The van der Waals surface area contributed by atoms with Gasteiger partial charge in [-0.1, -0.05) is 0 Å². The number of aryl methyl sites for hydroxylation is 1. The standard InChI is InChI=1S/C22H25FN4O5/c1-12-16(10-26-18-5-4-15(23)8-14(18)9-19(26)28)24-13(2)20(12)21(29)25-17-11-32-27(22(17)30)6-7-31-3/h4-5,8,17,24H,6-7,9-11H2,1-3H3,(H,25,29)/t17-/m1/s1. The van der Waals surface area contributed by atoms with E-state index in [1.54, 1.807) is 24.8 Å². The molecule has 3 heterocycles. The number of aromatic nitrogens is 1. The number of H-pyrrole nitrogens is 1. The van der Waals surface area contributed by atoms with Gasteiger partial charge in [0, 0.05) is 24.2 Å². The van der Waals surface area contributed by atoms with E-state index >= 15 is 0 Å². The molecule has 2 N–H and O–H groups in total. The molecule has 0 unspecified atom stereocenters. The zero-order valence-electron chi connectivity index (χ0n) is 18.2. The predicted molar refractivity (Wildman–Crippen MR) is 112 cm³/mol. The van der Waals surface area contributed by atoms with Crippen LogP contribution in [0.3, 0.4) is 0 Å². The van der Waals surface area contributed by atoms with Crippen molar-refractivity contribution in [3.05, 3.63) is 52.1 Å². The van der Waals surface area contributed by atoms with Gasteiger partial charge in [0.1, 0.15) is 18.5 Å². The molecule has 4 rings (SSSR count). The van der Waals surface area contributed by atoms with Crippen molar-refractivity contribution in [2.45, 2.75) is 32.9 Å². The number of fused-ring (bicyclic) bond motifs is 1. The average molecular weight is 444 g/mol. The molecule has 32 heavy (non-hydrogen) atoms.